The Labute approximate surface area is 197 Å². The Kier molecular flexibility index (Phi) is 7.56. The Hall–Kier alpha value is -2.56. The van der Waals surface area contributed by atoms with Crippen LogP contribution in [0.1, 0.15) is 38.2 Å². The highest BCUT2D eigenvalue weighted by atomic mass is 32.1. The molecule has 0 bridgehead atoms. The Morgan fingerprint density at radius 2 is 2.18 bits per heavy atom. The second-order valence-electron chi connectivity index (χ2n) is 8.62. The lowest BCUT2D eigenvalue weighted by atomic mass is 9.80. The number of aromatic nitrogens is 2. The van der Waals surface area contributed by atoms with Gasteiger partial charge in [0.25, 0.3) is 0 Å². The van der Waals surface area contributed by atoms with Gasteiger partial charge in [-0.1, -0.05) is 17.4 Å². The largest absolute Gasteiger partial charge is 0.479 e. The van der Waals surface area contributed by atoms with Gasteiger partial charge < -0.3 is 25.0 Å². The molecule has 0 unspecified atom stereocenters. The Bertz CT molecular complexity index is 1020. The topological polar surface area (TPSA) is 106 Å². The fourth-order valence-corrected chi connectivity index (χ4v) is 5.57. The van der Waals surface area contributed by atoms with E-state index < -0.39 is 0 Å². The van der Waals surface area contributed by atoms with Crippen LogP contribution in [0.5, 0.6) is 5.88 Å². The average molecular weight is 474 g/mol. The number of hydrogen-bond donors (Lipinski definition) is 2. The monoisotopic (exact) mass is 473 g/mol. The highest BCUT2D eigenvalue weighted by Gasteiger charge is 2.35. The predicted molar refractivity (Wildman–Crippen MR) is 128 cm³/mol. The molecule has 5 rings (SSSR count). The summed E-state index contributed by atoms with van der Waals surface area (Å²) in [4.78, 5) is 32.6. The van der Waals surface area contributed by atoms with E-state index in [2.05, 4.69) is 20.6 Å². The number of nitrogens with one attached hydrogen (secondary N) is 2. The summed E-state index contributed by atoms with van der Waals surface area (Å²) < 4.78 is 11.5. The normalized spacial score (nSPS) is 19.6. The van der Waals surface area contributed by atoms with E-state index in [9.17, 15) is 9.59 Å². The van der Waals surface area contributed by atoms with Crippen LogP contribution in [0, 0.1) is 5.41 Å². The molecule has 2 aromatic rings. The number of ether oxygens (including phenoxy) is 2. The first-order chi connectivity index (χ1) is 16.0. The maximum absolute atomic E-state index is 11.4. The number of rotatable bonds is 4. The first kappa shape index (κ1) is 23.6. The summed E-state index contributed by atoms with van der Waals surface area (Å²) >= 11 is 1.38. The fraction of sp³-hybridized carbons (Fsp3) is 0.565. The Morgan fingerprint density at radius 1 is 1.36 bits per heavy atom. The van der Waals surface area contributed by atoms with Crippen molar-refractivity contribution < 1.29 is 19.1 Å². The molecule has 2 aromatic heterocycles. The molecule has 0 atom stereocenters. The number of carbonyl (C=O) groups is 2. The lowest BCUT2D eigenvalue weighted by Gasteiger charge is -2.32. The van der Waals surface area contributed by atoms with E-state index in [0.717, 1.165) is 35.5 Å². The molecule has 5 heterocycles. The van der Waals surface area contributed by atoms with Crippen molar-refractivity contribution in [2.45, 2.75) is 32.6 Å². The van der Waals surface area contributed by atoms with Crippen molar-refractivity contribution in [3.05, 3.63) is 17.8 Å². The number of hydrogen-bond acceptors (Lipinski definition) is 8. The molecule has 9 nitrogen and oxygen atoms in total. The number of amides is 2. The molecule has 0 saturated carbocycles. The van der Waals surface area contributed by atoms with Crippen molar-refractivity contribution in [2.24, 2.45) is 5.41 Å². The molecule has 0 aromatic carbocycles. The zero-order valence-corrected chi connectivity index (χ0v) is 20.0. The van der Waals surface area contributed by atoms with Gasteiger partial charge in [0.2, 0.25) is 18.2 Å². The van der Waals surface area contributed by atoms with Gasteiger partial charge in [-0.05, 0) is 43.2 Å². The summed E-state index contributed by atoms with van der Waals surface area (Å²) in [6.07, 6.45) is 9.09. The highest BCUT2D eigenvalue weighted by molar-refractivity contribution is 7.22. The number of carbonyl (C=O) groups excluding carboxylic acids is 2. The van der Waals surface area contributed by atoms with Gasteiger partial charge in [-0.25, -0.2) is 9.97 Å². The minimum Gasteiger partial charge on any atom is -0.479 e. The number of fused-ring (bicyclic) bond motifs is 1. The van der Waals surface area contributed by atoms with Crippen LogP contribution in [0.3, 0.4) is 0 Å². The molecule has 33 heavy (non-hydrogen) atoms. The van der Waals surface area contributed by atoms with Gasteiger partial charge in [-0.2, -0.15) is 0 Å². The third-order valence-electron chi connectivity index (χ3n) is 6.65. The quantitative estimate of drug-likeness (QED) is 0.658. The van der Waals surface area contributed by atoms with Gasteiger partial charge in [0.15, 0.2) is 5.13 Å². The van der Waals surface area contributed by atoms with Gasteiger partial charge in [-0.15, -0.1) is 0 Å². The lowest BCUT2D eigenvalue weighted by Crippen LogP contribution is -2.32. The van der Waals surface area contributed by atoms with Crippen LogP contribution in [0.4, 0.5) is 5.13 Å². The van der Waals surface area contributed by atoms with E-state index in [1.807, 2.05) is 6.08 Å². The predicted octanol–water partition coefficient (Wildman–Crippen LogP) is 2.68. The Morgan fingerprint density at radius 3 is 2.79 bits per heavy atom. The molecule has 3 aliphatic rings. The van der Waals surface area contributed by atoms with Crippen LogP contribution in [0.15, 0.2) is 12.3 Å². The number of methoxy groups -OCH3 is 1. The zero-order chi connectivity index (χ0) is 23.3. The minimum atomic E-state index is 0.0774. The molecule has 2 saturated heterocycles. The van der Waals surface area contributed by atoms with Crippen LogP contribution in [-0.4, -0.2) is 73.7 Å². The first-order valence-corrected chi connectivity index (χ1v) is 12.1. The van der Waals surface area contributed by atoms with Gasteiger partial charge in [0.1, 0.15) is 5.52 Å². The first-order valence-electron chi connectivity index (χ1n) is 11.3. The summed E-state index contributed by atoms with van der Waals surface area (Å²) in [5.41, 5.74) is 3.37. The summed E-state index contributed by atoms with van der Waals surface area (Å²) in [6, 6.07) is 0. The van der Waals surface area contributed by atoms with Gasteiger partial charge in [0, 0.05) is 51.5 Å². The molecule has 10 heteroatoms. The molecule has 2 fully saturated rings. The van der Waals surface area contributed by atoms with Crippen LogP contribution in [0.25, 0.3) is 15.8 Å². The molecule has 3 aliphatic heterocycles. The zero-order valence-electron chi connectivity index (χ0n) is 19.2. The lowest BCUT2D eigenvalue weighted by molar-refractivity contribution is -0.128. The maximum Gasteiger partial charge on any atom is 0.241 e. The molecular formula is C23H31N5O4S. The fourth-order valence-electron chi connectivity index (χ4n) is 4.61. The van der Waals surface area contributed by atoms with E-state index in [0.29, 0.717) is 41.4 Å². The van der Waals surface area contributed by atoms with Crippen molar-refractivity contribution in [2.75, 3.05) is 51.8 Å². The number of pyridine rings is 1. The molecule has 2 N–H and O–H groups in total. The van der Waals surface area contributed by atoms with E-state index in [1.54, 1.807) is 18.0 Å². The van der Waals surface area contributed by atoms with Crippen molar-refractivity contribution in [3.8, 4) is 5.88 Å². The molecule has 1 spiro atoms. The van der Waals surface area contributed by atoms with Crippen LogP contribution in [-0.2, 0) is 14.3 Å². The highest BCUT2D eigenvalue weighted by Crippen LogP contribution is 2.38. The number of anilines is 1. The van der Waals surface area contributed by atoms with E-state index in [1.165, 1.54) is 50.8 Å². The molecule has 0 aliphatic carbocycles. The third kappa shape index (κ3) is 5.34. The smallest absolute Gasteiger partial charge is 0.241 e. The number of thiazole rings is 1. The number of nitrogens with zero attached hydrogens (tertiary/aromatic N) is 3. The summed E-state index contributed by atoms with van der Waals surface area (Å²) in [7, 11) is 1.54. The average Bonchev–Trinajstić information content (AvgIpc) is 3.47. The van der Waals surface area contributed by atoms with Crippen molar-refractivity contribution >= 4 is 44.6 Å². The SMILES string of the molecule is C1CC2(CCOCC2)CN1.COc1ncc(C2=CCN(C(C)=O)CC2)c2sc(NC=O)nc12. The third-order valence-corrected chi connectivity index (χ3v) is 7.67. The summed E-state index contributed by atoms with van der Waals surface area (Å²) in [5.74, 6) is 0.509. The van der Waals surface area contributed by atoms with Crippen LogP contribution in [0.2, 0.25) is 0 Å². The van der Waals surface area contributed by atoms with Gasteiger partial charge >= 0.3 is 0 Å². The summed E-state index contributed by atoms with van der Waals surface area (Å²) in [6.45, 7) is 7.29. The van der Waals surface area contributed by atoms with Crippen molar-refractivity contribution in [1.29, 1.82) is 0 Å². The minimum absolute atomic E-state index is 0.0774. The van der Waals surface area contributed by atoms with Crippen molar-refractivity contribution in [1.82, 2.24) is 20.2 Å². The van der Waals surface area contributed by atoms with Crippen LogP contribution < -0.4 is 15.4 Å². The van der Waals surface area contributed by atoms with E-state index >= 15 is 0 Å². The molecule has 0 radical (unpaired) electrons. The van der Waals surface area contributed by atoms with Crippen molar-refractivity contribution in [3.63, 3.8) is 0 Å². The standard InChI is InChI=1S/C15H16N4O3S.C8H15NO/c1-9(21)19-5-3-10(4-6-19)11-7-16-14(22-2)12-13(11)23-15(18-12)17-8-20;1-4-9-7-8(1)2-5-10-6-3-8/h3,7-8H,4-6H2,1-2H3,(H,17,18,20);9H,1-7H2. The van der Waals surface area contributed by atoms with Gasteiger partial charge in [0.05, 0.1) is 11.8 Å². The molecule has 2 amide bonds. The second-order valence-corrected chi connectivity index (χ2v) is 9.62. The van der Waals surface area contributed by atoms with E-state index in [-0.39, 0.29) is 5.91 Å². The van der Waals surface area contributed by atoms with Crippen LogP contribution >= 0.6 is 11.3 Å². The molecule has 178 valence electrons. The Balaban J connectivity index is 0.000000214. The summed E-state index contributed by atoms with van der Waals surface area (Å²) in [5, 5.41) is 6.50. The molecular weight excluding hydrogens is 442 g/mol. The van der Waals surface area contributed by atoms with E-state index in [4.69, 9.17) is 9.47 Å². The van der Waals surface area contributed by atoms with Gasteiger partial charge in [-0.3, -0.25) is 9.59 Å². The maximum atomic E-state index is 11.4. The second kappa shape index (κ2) is 10.6.